The van der Waals surface area contributed by atoms with Crippen molar-refractivity contribution < 1.29 is 24.2 Å². The van der Waals surface area contributed by atoms with E-state index in [1.54, 1.807) is 0 Å². The molecule has 3 N–H and O–H groups in total. The number of aliphatic carboxylic acids is 1. The molecule has 3 aromatic rings. The van der Waals surface area contributed by atoms with Gasteiger partial charge < -0.3 is 20.5 Å². The monoisotopic (exact) mass is 542 g/mol. The van der Waals surface area contributed by atoms with Crippen LogP contribution in [-0.2, 0) is 20.7 Å². The number of hydrogen-bond acceptors (Lipinski definition) is 4. The maximum absolute atomic E-state index is 12.5. The van der Waals surface area contributed by atoms with E-state index in [4.69, 9.17) is 4.74 Å². The van der Waals surface area contributed by atoms with Crippen molar-refractivity contribution >= 4 is 18.0 Å². The molecule has 210 valence electrons. The lowest BCUT2D eigenvalue weighted by Gasteiger charge is -2.17. The number of aryl methyl sites for hydroxylation is 1. The Morgan fingerprint density at radius 1 is 0.775 bits per heavy atom. The molecule has 2 amide bonds. The quantitative estimate of drug-likeness (QED) is 0.202. The summed E-state index contributed by atoms with van der Waals surface area (Å²) in [7, 11) is 0. The summed E-state index contributed by atoms with van der Waals surface area (Å²) in [4.78, 5) is 36.3. The van der Waals surface area contributed by atoms with E-state index in [0.29, 0.717) is 25.8 Å². The van der Waals surface area contributed by atoms with E-state index in [1.807, 2.05) is 54.6 Å². The van der Waals surface area contributed by atoms with Crippen LogP contribution in [0.3, 0.4) is 0 Å². The van der Waals surface area contributed by atoms with Crippen molar-refractivity contribution in [1.29, 1.82) is 0 Å². The molecule has 0 unspecified atom stereocenters. The van der Waals surface area contributed by atoms with Gasteiger partial charge in [0.1, 0.15) is 12.6 Å². The third kappa shape index (κ3) is 8.18. The summed E-state index contributed by atoms with van der Waals surface area (Å²) in [6, 6.07) is 25.4. The van der Waals surface area contributed by atoms with Gasteiger partial charge in [0.25, 0.3) is 0 Å². The molecule has 0 aromatic heterocycles. The summed E-state index contributed by atoms with van der Waals surface area (Å²) in [5.41, 5.74) is 5.78. The molecular formula is C33H38N2O5. The van der Waals surface area contributed by atoms with E-state index in [0.717, 1.165) is 47.9 Å². The molecule has 4 rings (SSSR count). The summed E-state index contributed by atoms with van der Waals surface area (Å²) in [5.74, 6) is -1.17. The highest BCUT2D eigenvalue weighted by molar-refractivity contribution is 5.81. The van der Waals surface area contributed by atoms with Gasteiger partial charge in [0, 0.05) is 18.9 Å². The van der Waals surface area contributed by atoms with Crippen LogP contribution in [0.5, 0.6) is 0 Å². The first kappa shape index (κ1) is 28.9. The van der Waals surface area contributed by atoms with Gasteiger partial charge in [0.05, 0.1) is 0 Å². The Kier molecular flexibility index (Phi) is 10.7. The van der Waals surface area contributed by atoms with Crippen molar-refractivity contribution in [3.8, 4) is 11.1 Å². The van der Waals surface area contributed by atoms with Gasteiger partial charge in [0.15, 0.2) is 0 Å². The van der Waals surface area contributed by atoms with Crippen molar-refractivity contribution in [2.24, 2.45) is 0 Å². The maximum atomic E-state index is 12.5. The van der Waals surface area contributed by atoms with Crippen LogP contribution < -0.4 is 10.6 Å². The average molecular weight is 543 g/mol. The van der Waals surface area contributed by atoms with Gasteiger partial charge in [-0.1, -0.05) is 85.3 Å². The minimum Gasteiger partial charge on any atom is -0.480 e. The number of benzene rings is 3. The molecule has 40 heavy (non-hydrogen) atoms. The number of ether oxygens (including phenoxy) is 1. The number of rotatable bonds is 15. The fourth-order valence-corrected chi connectivity index (χ4v) is 5.27. The molecule has 1 aliphatic carbocycles. The molecule has 1 atom stereocenters. The predicted octanol–water partition coefficient (Wildman–Crippen LogP) is 6.07. The Morgan fingerprint density at radius 3 is 2.10 bits per heavy atom. The number of unbranched alkanes of at least 4 members (excludes halogenated alkanes) is 3. The zero-order chi connectivity index (χ0) is 28.2. The third-order valence-corrected chi connectivity index (χ3v) is 7.39. The summed E-state index contributed by atoms with van der Waals surface area (Å²) in [6.07, 6.45) is 5.14. The normalized spacial score (nSPS) is 12.7. The molecule has 3 aromatic carbocycles. The Balaban J connectivity index is 1.11. The first-order valence-electron chi connectivity index (χ1n) is 14.2. The van der Waals surface area contributed by atoms with Gasteiger partial charge in [-0.05, 0) is 66.3 Å². The van der Waals surface area contributed by atoms with E-state index < -0.39 is 18.1 Å². The van der Waals surface area contributed by atoms with Crippen LogP contribution in [0.25, 0.3) is 11.1 Å². The van der Waals surface area contributed by atoms with Crippen molar-refractivity contribution in [2.45, 2.75) is 63.3 Å². The molecule has 0 aliphatic heterocycles. The Labute approximate surface area is 236 Å². The van der Waals surface area contributed by atoms with Crippen LogP contribution in [0.1, 0.15) is 67.6 Å². The fourth-order valence-electron chi connectivity index (χ4n) is 5.27. The van der Waals surface area contributed by atoms with Gasteiger partial charge >= 0.3 is 12.1 Å². The van der Waals surface area contributed by atoms with E-state index in [9.17, 15) is 19.5 Å². The van der Waals surface area contributed by atoms with Crippen molar-refractivity contribution in [2.75, 3.05) is 13.2 Å². The van der Waals surface area contributed by atoms with Crippen LogP contribution in [-0.4, -0.2) is 42.3 Å². The van der Waals surface area contributed by atoms with Crippen LogP contribution >= 0.6 is 0 Å². The summed E-state index contributed by atoms with van der Waals surface area (Å²) >= 11 is 0. The number of carbonyl (C=O) groups is 3. The SMILES string of the molecule is O=C(CCCCCc1ccccc1)NCCCC[C@H](NC(=O)OCC1c2ccccc2-c2ccccc21)C(=O)O. The minimum atomic E-state index is -1.10. The predicted molar refractivity (Wildman–Crippen MR) is 155 cm³/mol. The number of hydrogen-bond donors (Lipinski definition) is 3. The molecule has 0 heterocycles. The molecule has 0 radical (unpaired) electrons. The van der Waals surface area contributed by atoms with E-state index >= 15 is 0 Å². The van der Waals surface area contributed by atoms with Crippen LogP contribution in [0.4, 0.5) is 4.79 Å². The highest BCUT2D eigenvalue weighted by atomic mass is 16.5. The Bertz CT molecular complexity index is 1230. The van der Waals surface area contributed by atoms with Crippen molar-refractivity contribution in [3.63, 3.8) is 0 Å². The zero-order valence-electron chi connectivity index (χ0n) is 22.8. The molecule has 0 saturated carbocycles. The lowest BCUT2D eigenvalue weighted by Crippen LogP contribution is -2.41. The number of fused-ring (bicyclic) bond motifs is 3. The van der Waals surface area contributed by atoms with Gasteiger partial charge in [-0.3, -0.25) is 4.79 Å². The largest absolute Gasteiger partial charge is 0.480 e. The first-order chi connectivity index (χ1) is 19.5. The minimum absolute atomic E-state index is 0.0197. The van der Waals surface area contributed by atoms with Gasteiger partial charge in [-0.25, -0.2) is 9.59 Å². The number of carboxylic acid groups (broad SMARTS) is 1. The fraction of sp³-hybridized carbons (Fsp3) is 0.364. The molecule has 0 bridgehead atoms. The summed E-state index contributed by atoms with van der Waals surface area (Å²) < 4.78 is 5.49. The number of carboxylic acids is 1. The van der Waals surface area contributed by atoms with Gasteiger partial charge in [-0.15, -0.1) is 0 Å². The summed E-state index contributed by atoms with van der Waals surface area (Å²) in [6.45, 7) is 0.616. The van der Waals surface area contributed by atoms with Crippen LogP contribution in [0.2, 0.25) is 0 Å². The highest BCUT2D eigenvalue weighted by Gasteiger charge is 2.29. The van der Waals surface area contributed by atoms with Crippen molar-refractivity contribution in [1.82, 2.24) is 10.6 Å². The molecule has 7 heteroatoms. The van der Waals surface area contributed by atoms with Crippen LogP contribution in [0.15, 0.2) is 78.9 Å². The second kappa shape index (κ2) is 14.9. The number of alkyl carbamates (subject to hydrolysis) is 1. The zero-order valence-corrected chi connectivity index (χ0v) is 22.8. The van der Waals surface area contributed by atoms with Crippen molar-refractivity contribution in [3.05, 3.63) is 95.6 Å². The number of amides is 2. The maximum Gasteiger partial charge on any atom is 0.407 e. The second-order valence-electron chi connectivity index (χ2n) is 10.3. The Morgan fingerprint density at radius 2 is 1.43 bits per heavy atom. The van der Waals surface area contributed by atoms with E-state index in [2.05, 4.69) is 34.9 Å². The molecule has 0 spiro atoms. The molecule has 0 saturated heterocycles. The smallest absolute Gasteiger partial charge is 0.407 e. The third-order valence-electron chi connectivity index (χ3n) is 7.39. The number of nitrogens with one attached hydrogen (secondary N) is 2. The van der Waals surface area contributed by atoms with E-state index in [-0.39, 0.29) is 24.9 Å². The molecule has 0 fully saturated rings. The second-order valence-corrected chi connectivity index (χ2v) is 10.3. The lowest BCUT2D eigenvalue weighted by molar-refractivity contribution is -0.139. The van der Waals surface area contributed by atoms with Crippen LogP contribution in [0, 0.1) is 0 Å². The molecule has 1 aliphatic rings. The number of carbonyl (C=O) groups excluding carboxylic acids is 2. The van der Waals surface area contributed by atoms with Gasteiger partial charge in [0.2, 0.25) is 5.91 Å². The lowest BCUT2D eigenvalue weighted by atomic mass is 9.98. The topological polar surface area (TPSA) is 105 Å². The molecular weight excluding hydrogens is 504 g/mol. The van der Waals surface area contributed by atoms with Gasteiger partial charge in [-0.2, -0.15) is 0 Å². The average Bonchev–Trinajstić information content (AvgIpc) is 3.29. The first-order valence-corrected chi connectivity index (χ1v) is 14.2. The highest BCUT2D eigenvalue weighted by Crippen LogP contribution is 2.44. The summed E-state index contributed by atoms with van der Waals surface area (Å²) in [5, 5.41) is 15.0. The standard InChI is InChI=1S/C33H38N2O5/c36-31(21-6-2-5-15-24-13-3-1-4-14-24)34-22-12-11-20-30(32(37)38)35-33(39)40-23-29-27-18-9-7-16-25(27)26-17-8-10-19-28(26)29/h1,3-4,7-10,13-14,16-19,29-30H,2,5-6,11-12,15,20-23H2,(H,34,36)(H,35,39)(H,37,38)/t30-/m0/s1. The Hall–Kier alpha value is -4.13. The molecule has 7 nitrogen and oxygen atoms in total. The van der Waals surface area contributed by atoms with E-state index in [1.165, 1.54) is 5.56 Å².